The van der Waals surface area contributed by atoms with Crippen LogP contribution in [0.15, 0.2) is 36.7 Å². The summed E-state index contributed by atoms with van der Waals surface area (Å²) in [4.78, 5) is 16.2. The molecule has 1 aromatic carbocycles. The molecule has 0 saturated carbocycles. The normalized spacial score (nSPS) is 11.5. The zero-order chi connectivity index (χ0) is 13.2. The molecule has 3 nitrogen and oxygen atoms in total. The van der Waals surface area contributed by atoms with Crippen LogP contribution in [-0.4, -0.2) is 17.6 Å². The summed E-state index contributed by atoms with van der Waals surface area (Å²) in [5.41, 5.74) is 0.317. The molecule has 0 atom stereocenters. The number of ether oxygens (including phenoxy) is 1. The molecule has 0 spiro atoms. The number of aromatic nitrogens is 1. The molecule has 1 heterocycles. The van der Waals surface area contributed by atoms with Gasteiger partial charge in [-0.25, -0.2) is 0 Å². The number of esters is 1. The lowest BCUT2D eigenvalue weighted by molar-refractivity contribution is -0.148. The van der Waals surface area contributed by atoms with Crippen LogP contribution in [0.2, 0.25) is 0 Å². The molecule has 2 rings (SSSR count). The first-order valence-corrected chi connectivity index (χ1v) is 6.08. The second kappa shape index (κ2) is 4.77. The highest BCUT2D eigenvalue weighted by Gasteiger charge is 2.32. The zero-order valence-electron chi connectivity index (χ0n) is 10.9. The van der Waals surface area contributed by atoms with Crippen molar-refractivity contribution in [3.63, 3.8) is 0 Å². The summed E-state index contributed by atoms with van der Waals surface area (Å²) >= 11 is 0. The van der Waals surface area contributed by atoms with Gasteiger partial charge in [0.2, 0.25) is 0 Å². The van der Waals surface area contributed by atoms with Gasteiger partial charge >= 0.3 is 5.97 Å². The zero-order valence-corrected chi connectivity index (χ0v) is 10.9. The summed E-state index contributed by atoms with van der Waals surface area (Å²) < 4.78 is 5.16. The number of rotatable bonds is 3. The van der Waals surface area contributed by atoms with Crippen LogP contribution in [0.5, 0.6) is 0 Å². The van der Waals surface area contributed by atoms with E-state index in [-0.39, 0.29) is 5.97 Å². The molecule has 3 heteroatoms. The number of fused-ring (bicyclic) bond motifs is 1. The van der Waals surface area contributed by atoms with E-state index in [1.807, 2.05) is 45.0 Å². The van der Waals surface area contributed by atoms with Crippen molar-refractivity contribution in [3.8, 4) is 0 Å². The topological polar surface area (TPSA) is 39.2 Å². The maximum atomic E-state index is 12.1. The fraction of sp³-hybridized carbons (Fsp3) is 0.333. The predicted molar refractivity (Wildman–Crippen MR) is 71.4 cm³/mol. The van der Waals surface area contributed by atoms with E-state index in [0.717, 1.165) is 16.3 Å². The van der Waals surface area contributed by atoms with Gasteiger partial charge in [0.25, 0.3) is 0 Å². The van der Waals surface area contributed by atoms with Crippen molar-refractivity contribution in [3.05, 3.63) is 42.2 Å². The minimum Gasteiger partial charge on any atom is -0.465 e. The van der Waals surface area contributed by atoms with E-state index < -0.39 is 5.41 Å². The quantitative estimate of drug-likeness (QED) is 0.778. The van der Waals surface area contributed by atoms with Crippen molar-refractivity contribution in [2.24, 2.45) is 0 Å². The molecule has 0 radical (unpaired) electrons. The number of carbonyl (C=O) groups excluding carboxylic acids is 1. The Bertz CT molecular complexity index is 570. The monoisotopic (exact) mass is 243 g/mol. The third-order valence-electron chi connectivity index (χ3n) is 3.14. The third kappa shape index (κ3) is 2.08. The fourth-order valence-electron chi connectivity index (χ4n) is 2.09. The van der Waals surface area contributed by atoms with Gasteiger partial charge in [0.15, 0.2) is 0 Å². The standard InChI is InChI=1S/C15H17NO2/c1-4-18-14(17)15(2,3)13-7-5-6-11-10-16-9-8-12(11)13/h5-10H,4H2,1-3H3. The van der Waals surface area contributed by atoms with Gasteiger partial charge in [-0.2, -0.15) is 0 Å². The lowest BCUT2D eigenvalue weighted by Gasteiger charge is -2.24. The summed E-state index contributed by atoms with van der Waals surface area (Å²) in [5.74, 6) is -0.200. The van der Waals surface area contributed by atoms with Crippen LogP contribution < -0.4 is 0 Å². The second-order valence-corrected chi connectivity index (χ2v) is 4.75. The molecule has 0 aliphatic heterocycles. The van der Waals surface area contributed by atoms with Crippen molar-refractivity contribution >= 4 is 16.7 Å². The molecule has 94 valence electrons. The fourth-order valence-corrected chi connectivity index (χ4v) is 2.09. The number of hydrogen-bond acceptors (Lipinski definition) is 3. The van der Waals surface area contributed by atoms with E-state index in [9.17, 15) is 4.79 Å². The molecule has 0 saturated heterocycles. The second-order valence-electron chi connectivity index (χ2n) is 4.75. The SMILES string of the molecule is CCOC(=O)C(C)(C)c1cccc2cnccc12. The highest BCUT2D eigenvalue weighted by Crippen LogP contribution is 2.31. The molecule has 2 aromatic rings. The van der Waals surface area contributed by atoms with Crippen molar-refractivity contribution in [2.75, 3.05) is 6.61 Å². The van der Waals surface area contributed by atoms with Crippen LogP contribution >= 0.6 is 0 Å². The Hall–Kier alpha value is -1.90. The first-order chi connectivity index (χ1) is 8.57. The van der Waals surface area contributed by atoms with Crippen molar-refractivity contribution < 1.29 is 9.53 Å². The molecule has 0 unspecified atom stereocenters. The lowest BCUT2D eigenvalue weighted by Crippen LogP contribution is -2.31. The van der Waals surface area contributed by atoms with Gasteiger partial charge in [-0.05, 0) is 37.8 Å². The van der Waals surface area contributed by atoms with Gasteiger partial charge in [-0.1, -0.05) is 18.2 Å². The minimum atomic E-state index is -0.656. The van der Waals surface area contributed by atoms with E-state index in [0.29, 0.717) is 6.61 Å². The average Bonchev–Trinajstić information content (AvgIpc) is 2.38. The summed E-state index contributed by atoms with van der Waals surface area (Å²) in [6.45, 7) is 6.00. The van der Waals surface area contributed by atoms with Gasteiger partial charge in [0.1, 0.15) is 0 Å². The Morgan fingerprint density at radius 2 is 2.11 bits per heavy atom. The van der Waals surface area contributed by atoms with Gasteiger partial charge in [-0.15, -0.1) is 0 Å². The molecule has 0 N–H and O–H groups in total. The highest BCUT2D eigenvalue weighted by atomic mass is 16.5. The van der Waals surface area contributed by atoms with Crippen LogP contribution in [-0.2, 0) is 14.9 Å². The molecular formula is C15H17NO2. The van der Waals surface area contributed by atoms with Crippen molar-refractivity contribution in [1.82, 2.24) is 4.98 Å². The number of nitrogens with zero attached hydrogens (tertiary/aromatic N) is 1. The number of pyridine rings is 1. The Labute approximate surface area is 107 Å². The number of hydrogen-bond donors (Lipinski definition) is 0. The Kier molecular flexibility index (Phi) is 3.32. The maximum Gasteiger partial charge on any atom is 0.315 e. The summed E-state index contributed by atoms with van der Waals surface area (Å²) in [7, 11) is 0. The van der Waals surface area contributed by atoms with Crippen LogP contribution in [0.1, 0.15) is 26.3 Å². The predicted octanol–water partition coefficient (Wildman–Crippen LogP) is 3.08. The molecule has 1 aromatic heterocycles. The van der Waals surface area contributed by atoms with Crippen LogP contribution in [0.3, 0.4) is 0 Å². The first-order valence-electron chi connectivity index (χ1n) is 6.08. The minimum absolute atomic E-state index is 0.200. The molecule has 0 aliphatic carbocycles. The van der Waals surface area contributed by atoms with Gasteiger partial charge in [-0.3, -0.25) is 9.78 Å². The smallest absolute Gasteiger partial charge is 0.315 e. The van der Waals surface area contributed by atoms with E-state index >= 15 is 0 Å². The average molecular weight is 243 g/mol. The Balaban J connectivity index is 2.56. The highest BCUT2D eigenvalue weighted by molar-refractivity contribution is 5.92. The molecule has 0 fully saturated rings. The molecular weight excluding hydrogens is 226 g/mol. The summed E-state index contributed by atoms with van der Waals surface area (Å²) in [5, 5.41) is 2.08. The van der Waals surface area contributed by atoms with Gasteiger partial charge in [0.05, 0.1) is 12.0 Å². The maximum absolute atomic E-state index is 12.1. The van der Waals surface area contributed by atoms with E-state index in [1.54, 1.807) is 12.4 Å². The largest absolute Gasteiger partial charge is 0.465 e. The van der Waals surface area contributed by atoms with Gasteiger partial charge < -0.3 is 4.74 Å². The molecule has 0 amide bonds. The number of benzene rings is 1. The Morgan fingerprint density at radius 3 is 2.83 bits per heavy atom. The molecule has 0 bridgehead atoms. The van der Waals surface area contributed by atoms with E-state index in [1.165, 1.54) is 0 Å². The Morgan fingerprint density at radius 1 is 1.33 bits per heavy atom. The van der Waals surface area contributed by atoms with Crippen LogP contribution in [0, 0.1) is 0 Å². The van der Waals surface area contributed by atoms with Crippen molar-refractivity contribution in [2.45, 2.75) is 26.2 Å². The molecule has 0 aliphatic rings. The summed E-state index contributed by atoms with van der Waals surface area (Å²) in [6.07, 6.45) is 3.55. The van der Waals surface area contributed by atoms with E-state index in [2.05, 4.69) is 4.98 Å². The van der Waals surface area contributed by atoms with Crippen LogP contribution in [0.25, 0.3) is 10.8 Å². The first kappa shape index (κ1) is 12.6. The van der Waals surface area contributed by atoms with Gasteiger partial charge in [0, 0.05) is 17.8 Å². The number of carbonyl (C=O) groups is 1. The van der Waals surface area contributed by atoms with E-state index in [4.69, 9.17) is 4.74 Å². The molecule has 18 heavy (non-hydrogen) atoms. The van der Waals surface area contributed by atoms with Crippen molar-refractivity contribution in [1.29, 1.82) is 0 Å². The lowest BCUT2D eigenvalue weighted by atomic mass is 9.82. The third-order valence-corrected chi connectivity index (χ3v) is 3.14. The summed E-state index contributed by atoms with van der Waals surface area (Å²) in [6, 6.07) is 7.85. The van der Waals surface area contributed by atoms with Crippen LogP contribution in [0.4, 0.5) is 0 Å².